The molecule has 1 saturated carbocycles. The number of hydrogen-bond donors (Lipinski definition) is 1. The van der Waals surface area contributed by atoms with Gasteiger partial charge in [-0.2, -0.15) is 0 Å². The molecular weight excluding hydrogens is 266 g/mol. The SMILES string of the molecule is CCOC(=O)c1nc(C)n(CCC2CCC(C)CC2)c1N. The molecule has 0 radical (unpaired) electrons. The van der Waals surface area contributed by atoms with E-state index in [1.165, 1.54) is 25.7 Å². The molecule has 1 aliphatic carbocycles. The minimum atomic E-state index is -0.427. The van der Waals surface area contributed by atoms with Gasteiger partial charge in [-0.1, -0.05) is 32.6 Å². The van der Waals surface area contributed by atoms with Gasteiger partial charge in [0.15, 0.2) is 5.69 Å². The monoisotopic (exact) mass is 293 g/mol. The van der Waals surface area contributed by atoms with Gasteiger partial charge in [0.05, 0.1) is 6.61 Å². The van der Waals surface area contributed by atoms with Crippen LogP contribution in [0.3, 0.4) is 0 Å². The Balaban J connectivity index is 1.98. The molecule has 0 bridgehead atoms. The molecule has 0 aliphatic heterocycles. The number of nitrogens with two attached hydrogens (primary N) is 1. The van der Waals surface area contributed by atoms with Crippen molar-refractivity contribution in [2.75, 3.05) is 12.3 Å². The van der Waals surface area contributed by atoms with Crippen molar-refractivity contribution in [3.8, 4) is 0 Å². The summed E-state index contributed by atoms with van der Waals surface area (Å²) in [5.41, 5.74) is 6.33. The highest BCUT2D eigenvalue weighted by Crippen LogP contribution is 2.31. The number of rotatable bonds is 5. The molecule has 1 aromatic heterocycles. The third-order valence-corrected chi connectivity index (χ3v) is 4.56. The molecule has 0 aromatic carbocycles. The molecule has 118 valence electrons. The zero-order valence-electron chi connectivity index (χ0n) is 13.4. The third kappa shape index (κ3) is 3.77. The van der Waals surface area contributed by atoms with Gasteiger partial charge in [-0.15, -0.1) is 0 Å². The van der Waals surface area contributed by atoms with E-state index in [2.05, 4.69) is 11.9 Å². The molecule has 1 aliphatic rings. The highest BCUT2D eigenvalue weighted by atomic mass is 16.5. The van der Waals surface area contributed by atoms with E-state index in [0.29, 0.717) is 12.4 Å². The van der Waals surface area contributed by atoms with Crippen molar-refractivity contribution in [3.05, 3.63) is 11.5 Å². The first kappa shape index (κ1) is 15.9. The van der Waals surface area contributed by atoms with Crippen molar-refractivity contribution in [3.63, 3.8) is 0 Å². The van der Waals surface area contributed by atoms with Crippen LogP contribution in [0.15, 0.2) is 0 Å². The van der Waals surface area contributed by atoms with Crippen molar-refractivity contribution >= 4 is 11.8 Å². The van der Waals surface area contributed by atoms with Crippen LogP contribution >= 0.6 is 0 Å². The number of hydrogen-bond acceptors (Lipinski definition) is 4. The van der Waals surface area contributed by atoms with Crippen LogP contribution < -0.4 is 5.73 Å². The third-order valence-electron chi connectivity index (χ3n) is 4.56. The maximum atomic E-state index is 11.8. The number of anilines is 1. The predicted molar refractivity (Wildman–Crippen MR) is 83.1 cm³/mol. The number of ether oxygens (including phenoxy) is 1. The number of nitrogens with zero attached hydrogens (tertiary/aromatic N) is 2. The molecule has 5 nitrogen and oxygen atoms in total. The molecular formula is C16H27N3O2. The predicted octanol–water partition coefficient (Wildman–Crippen LogP) is 3.17. The van der Waals surface area contributed by atoms with Crippen LogP contribution in [-0.2, 0) is 11.3 Å². The molecule has 21 heavy (non-hydrogen) atoms. The summed E-state index contributed by atoms with van der Waals surface area (Å²) in [5.74, 6) is 2.45. The fourth-order valence-electron chi connectivity index (χ4n) is 3.14. The Hall–Kier alpha value is -1.52. The quantitative estimate of drug-likeness (QED) is 0.847. The summed E-state index contributed by atoms with van der Waals surface area (Å²) in [7, 11) is 0. The average molecular weight is 293 g/mol. The van der Waals surface area contributed by atoms with Gasteiger partial charge in [-0.05, 0) is 32.1 Å². The Morgan fingerprint density at radius 1 is 1.38 bits per heavy atom. The highest BCUT2D eigenvalue weighted by Gasteiger charge is 2.22. The largest absolute Gasteiger partial charge is 0.461 e. The van der Waals surface area contributed by atoms with Crippen LogP contribution in [-0.4, -0.2) is 22.1 Å². The maximum Gasteiger partial charge on any atom is 0.360 e. The van der Waals surface area contributed by atoms with Gasteiger partial charge in [-0.3, -0.25) is 0 Å². The number of carbonyl (C=O) groups excluding carboxylic acids is 1. The Kier molecular flexibility index (Phi) is 5.26. The average Bonchev–Trinajstić information content (AvgIpc) is 2.74. The van der Waals surface area contributed by atoms with Gasteiger partial charge in [0.2, 0.25) is 0 Å². The van der Waals surface area contributed by atoms with Crippen LogP contribution in [0, 0.1) is 18.8 Å². The number of esters is 1. The number of aryl methyl sites for hydroxylation is 1. The van der Waals surface area contributed by atoms with Crippen LogP contribution in [0.2, 0.25) is 0 Å². The summed E-state index contributed by atoms with van der Waals surface area (Å²) in [6, 6.07) is 0. The Morgan fingerprint density at radius 2 is 2.05 bits per heavy atom. The summed E-state index contributed by atoms with van der Waals surface area (Å²) in [6.45, 7) is 7.18. The van der Waals surface area contributed by atoms with Gasteiger partial charge in [0.25, 0.3) is 0 Å². The van der Waals surface area contributed by atoms with Gasteiger partial charge in [0, 0.05) is 6.54 Å². The van der Waals surface area contributed by atoms with E-state index in [0.717, 1.165) is 30.6 Å². The fraction of sp³-hybridized carbons (Fsp3) is 0.750. The Morgan fingerprint density at radius 3 is 2.67 bits per heavy atom. The molecule has 0 spiro atoms. The van der Waals surface area contributed by atoms with Gasteiger partial charge >= 0.3 is 5.97 Å². The van der Waals surface area contributed by atoms with E-state index in [9.17, 15) is 4.79 Å². The van der Waals surface area contributed by atoms with Crippen LogP contribution in [0.5, 0.6) is 0 Å². The summed E-state index contributed by atoms with van der Waals surface area (Å²) in [4.78, 5) is 16.1. The second-order valence-electron chi connectivity index (χ2n) is 6.18. The van der Waals surface area contributed by atoms with Crippen molar-refractivity contribution in [2.24, 2.45) is 11.8 Å². The molecule has 2 N–H and O–H groups in total. The smallest absolute Gasteiger partial charge is 0.360 e. The summed E-state index contributed by atoms with van der Waals surface area (Å²) < 4.78 is 6.94. The molecule has 5 heteroatoms. The van der Waals surface area contributed by atoms with Gasteiger partial charge < -0.3 is 15.0 Å². The second kappa shape index (κ2) is 6.96. The summed E-state index contributed by atoms with van der Waals surface area (Å²) in [6.07, 6.45) is 6.38. The van der Waals surface area contributed by atoms with Crippen LogP contribution in [0.4, 0.5) is 5.82 Å². The second-order valence-corrected chi connectivity index (χ2v) is 6.18. The van der Waals surface area contributed by atoms with Crippen molar-refractivity contribution in [1.82, 2.24) is 9.55 Å². The molecule has 0 unspecified atom stereocenters. The number of carbonyl (C=O) groups is 1. The van der Waals surface area contributed by atoms with E-state index in [1.54, 1.807) is 6.92 Å². The minimum absolute atomic E-state index is 0.256. The zero-order valence-corrected chi connectivity index (χ0v) is 13.4. The lowest BCUT2D eigenvalue weighted by molar-refractivity contribution is 0.0521. The van der Waals surface area contributed by atoms with Crippen LogP contribution in [0.1, 0.15) is 62.3 Å². The van der Waals surface area contributed by atoms with Crippen molar-refractivity contribution in [1.29, 1.82) is 0 Å². The summed E-state index contributed by atoms with van der Waals surface area (Å²) in [5, 5.41) is 0. The Bertz CT molecular complexity index is 488. The lowest BCUT2D eigenvalue weighted by atomic mass is 9.81. The van der Waals surface area contributed by atoms with E-state index in [4.69, 9.17) is 10.5 Å². The van der Waals surface area contributed by atoms with Crippen molar-refractivity contribution < 1.29 is 9.53 Å². The first-order chi connectivity index (χ1) is 10.0. The molecule has 0 amide bonds. The fourth-order valence-corrected chi connectivity index (χ4v) is 3.14. The van der Waals surface area contributed by atoms with E-state index >= 15 is 0 Å². The van der Waals surface area contributed by atoms with E-state index in [-0.39, 0.29) is 5.69 Å². The zero-order chi connectivity index (χ0) is 15.4. The number of imidazole rings is 1. The molecule has 0 atom stereocenters. The highest BCUT2D eigenvalue weighted by molar-refractivity contribution is 5.92. The van der Waals surface area contributed by atoms with Gasteiger partial charge in [0.1, 0.15) is 11.6 Å². The minimum Gasteiger partial charge on any atom is -0.461 e. The lowest BCUT2D eigenvalue weighted by Gasteiger charge is -2.26. The Labute approximate surface area is 126 Å². The molecule has 1 fully saturated rings. The standard InChI is InChI=1S/C16H27N3O2/c1-4-21-16(20)14-15(17)19(12(3)18-14)10-9-13-7-5-11(2)6-8-13/h11,13H,4-10,17H2,1-3H3. The summed E-state index contributed by atoms with van der Waals surface area (Å²) >= 11 is 0. The normalized spacial score (nSPS) is 22.2. The molecule has 1 heterocycles. The first-order valence-electron chi connectivity index (χ1n) is 8.02. The lowest BCUT2D eigenvalue weighted by Crippen LogP contribution is -2.16. The van der Waals surface area contributed by atoms with Crippen LogP contribution in [0.25, 0.3) is 0 Å². The number of nitrogen functional groups attached to an aromatic ring is 1. The van der Waals surface area contributed by atoms with E-state index < -0.39 is 5.97 Å². The topological polar surface area (TPSA) is 70.1 Å². The first-order valence-corrected chi connectivity index (χ1v) is 8.02. The van der Waals surface area contributed by atoms with Crippen molar-refractivity contribution in [2.45, 2.75) is 59.4 Å². The molecule has 2 rings (SSSR count). The molecule has 1 aromatic rings. The maximum absolute atomic E-state index is 11.8. The van der Waals surface area contributed by atoms with E-state index in [1.807, 2.05) is 11.5 Å². The van der Waals surface area contributed by atoms with Gasteiger partial charge in [-0.25, -0.2) is 9.78 Å². The number of aromatic nitrogens is 2. The molecule has 0 saturated heterocycles.